The quantitative estimate of drug-likeness (QED) is 0.883. The number of rotatable bonds is 4. The molecule has 1 aromatic rings. The number of carboxylic acids is 1. The number of anilines is 1. The van der Waals surface area contributed by atoms with E-state index in [0.29, 0.717) is 18.7 Å². The summed E-state index contributed by atoms with van der Waals surface area (Å²) in [5.41, 5.74) is 0.371. The van der Waals surface area contributed by atoms with Crippen molar-refractivity contribution in [2.75, 3.05) is 18.4 Å². The van der Waals surface area contributed by atoms with Crippen molar-refractivity contribution in [1.29, 1.82) is 0 Å². The van der Waals surface area contributed by atoms with Crippen LogP contribution in [0.3, 0.4) is 0 Å². The fourth-order valence-corrected chi connectivity index (χ4v) is 2.27. The van der Waals surface area contributed by atoms with Crippen molar-refractivity contribution in [3.05, 3.63) is 28.8 Å². The Morgan fingerprint density at radius 2 is 2.15 bits per heavy atom. The smallest absolute Gasteiger partial charge is 0.337 e. The number of likely N-dealkylation sites (tertiary alicyclic amines) is 1. The maximum Gasteiger partial charge on any atom is 0.337 e. The Morgan fingerprint density at radius 1 is 1.40 bits per heavy atom. The number of halogens is 1. The Bertz CT molecular complexity index is 573. The minimum Gasteiger partial charge on any atom is -0.478 e. The summed E-state index contributed by atoms with van der Waals surface area (Å²) in [6.07, 6.45) is 1.25. The van der Waals surface area contributed by atoms with Gasteiger partial charge in [0.25, 0.3) is 0 Å². The van der Waals surface area contributed by atoms with E-state index in [-0.39, 0.29) is 28.9 Å². The first-order valence-corrected chi connectivity index (χ1v) is 6.45. The van der Waals surface area contributed by atoms with E-state index in [4.69, 9.17) is 16.7 Å². The monoisotopic (exact) mass is 296 g/mol. The summed E-state index contributed by atoms with van der Waals surface area (Å²) in [4.78, 5) is 35.5. The molecule has 0 aliphatic carbocycles. The van der Waals surface area contributed by atoms with Crippen molar-refractivity contribution < 1.29 is 19.5 Å². The SMILES string of the molecule is O=C(CN1CCCC1=O)Nc1ccc(C(=O)O)c(Cl)c1. The molecule has 0 bridgehead atoms. The number of carboxylic acid groups (broad SMARTS) is 1. The molecular weight excluding hydrogens is 284 g/mol. The molecule has 0 spiro atoms. The van der Waals surface area contributed by atoms with Gasteiger partial charge in [0, 0.05) is 18.7 Å². The molecule has 7 heteroatoms. The van der Waals surface area contributed by atoms with Gasteiger partial charge in [-0.3, -0.25) is 9.59 Å². The Kier molecular flexibility index (Phi) is 4.24. The summed E-state index contributed by atoms with van der Waals surface area (Å²) in [5, 5.41) is 11.5. The van der Waals surface area contributed by atoms with Gasteiger partial charge in [-0.05, 0) is 24.6 Å². The zero-order valence-corrected chi connectivity index (χ0v) is 11.3. The summed E-state index contributed by atoms with van der Waals surface area (Å²) in [5.74, 6) is -1.49. The summed E-state index contributed by atoms with van der Waals surface area (Å²) >= 11 is 5.80. The van der Waals surface area contributed by atoms with Gasteiger partial charge in [-0.2, -0.15) is 0 Å². The van der Waals surface area contributed by atoms with Crippen molar-refractivity contribution in [2.24, 2.45) is 0 Å². The molecule has 1 heterocycles. The molecule has 0 aromatic heterocycles. The van der Waals surface area contributed by atoms with E-state index in [1.54, 1.807) is 0 Å². The maximum absolute atomic E-state index is 11.8. The average molecular weight is 297 g/mol. The molecule has 1 aliphatic heterocycles. The van der Waals surface area contributed by atoms with Crippen LogP contribution in [-0.4, -0.2) is 40.9 Å². The van der Waals surface area contributed by atoms with Gasteiger partial charge in [0.1, 0.15) is 0 Å². The van der Waals surface area contributed by atoms with Gasteiger partial charge in [-0.1, -0.05) is 11.6 Å². The van der Waals surface area contributed by atoms with E-state index in [1.165, 1.54) is 23.1 Å². The molecule has 0 radical (unpaired) electrons. The predicted octanol–water partition coefficient (Wildman–Crippen LogP) is 1.60. The van der Waals surface area contributed by atoms with Crippen LogP contribution in [0.15, 0.2) is 18.2 Å². The molecule has 0 unspecified atom stereocenters. The minimum atomic E-state index is -1.13. The third-order valence-electron chi connectivity index (χ3n) is 2.99. The number of carbonyl (C=O) groups is 3. The summed E-state index contributed by atoms with van der Waals surface area (Å²) < 4.78 is 0. The number of amides is 2. The van der Waals surface area contributed by atoms with Crippen LogP contribution in [0.1, 0.15) is 23.2 Å². The second kappa shape index (κ2) is 5.92. The van der Waals surface area contributed by atoms with Crippen molar-refractivity contribution in [1.82, 2.24) is 4.90 Å². The van der Waals surface area contributed by atoms with E-state index >= 15 is 0 Å². The number of benzene rings is 1. The molecule has 2 amide bonds. The first-order chi connectivity index (χ1) is 9.47. The highest BCUT2D eigenvalue weighted by molar-refractivity contribution is 6.33. The summed E-state index contributed by atoms with van der Waals surface area (Å²) in [6, 6.07) is 4.15. The van der Waals surface area contributed by atoms with Gasteiger partial charge >= 0.3 is 5.97 Å². The fourth-order valence-electron chi connectivity index (χ4n) is 2.01. The second-order valence-corrected chi connectivity index (χ2v) is 4.87. The maximum atomic E-state index is 11.8. The highest BCUT2D eigenvalue weighted by atomic mass is 35.5. The predicted molar refractivity (Wildman–Crippen MR) is 72.9 cm³/mol. The highest BCUT2D eigenvalue weighted by Gasteiger charge is 2.22. The molecule has 106 valence electrons. The van der Waals surface area contributed by atoms with Crippen molar-refractivity contribution in [3.63, 3.8) is 0 Å². The number of carbonyl (C=O) groups excluding carboxylic acids is 2. The Labute approximate surface area is 120 Å². The van der Waals surface area contributed by atoms with E-state index in [9.17, 15) is 14.4 Å². The topological polar surface area (TPSA) is 86.7 Å². The molecule has 2 rings (SSSR count). The Balaban J connectivity index is 1.99. The lowest BCUT2D eigenvalue weighted by molar-refractivity contribution is -0.131. The zero-order valence-electron chi connectivity index (χ0n) is 10.6. The van der Waals surface area contributed by atoms with Gasteiger partial charge in [0.2, 0.25) is 11.8 Å². The number of aromatic carboxylic acids is 1. The molecule has 1 aromatic carbocycles. The van der Waals surface area contributed by atoms with Gasteiger partial charge in [-0.25, -0.2) is 4.79 Å². The molecule has 6 nitrogen and oxygen atoms in total. The zero-order chi connectivity index (χ0) is 14.7. The van der Waals surface area contributed by atoms with Crippen molar-refractivity contribution >= 4 is 35.1 Å². The van der Waals surface area contributed by atoms with Crippen LogP contribution in [-0.2, 0) is 9.59 Å². The molecule has 0 atom stereocenters. The first kappa shape index (κ1) is 14.3. The number of hydrogen-bond acceptors (Lipinski definition) is 3. The van der Waals surface area contributed by atoms with E-state index in [0.717, 1.165) is 6.42 Å². The average Bonchev–Trinajstić information content (AvgIpc) is 2.74. The van der Waals surface area contributed by atoms with Gasteiger partial charge in [0.05, 0.1) is 17.1 Å². The van der Waals surface area contributed by atoms with Crippen LogP contribution in [0, 0.1) is 0 Å². The van der Waals surface area contributed by atoms with Crippen LogP contribution < -0.4 is 5.32 Å². The van der Waals surface area contributed by atoms with Crippen LogP contribution in [0.25, 0.3) is 0 Å². The van der Waals surface area contributed by atoms with E-state index in [2.05, 4.69) is 5.32 Å². The second-order valence-electron chi connectivity index (χ2n) is 4.47. The van der Waals surface area contributed by atoms with Crippen molar-refractivity contribution in [2.45, 2.75) is 12.8 Å². The summed E-state index contributed by atoms with van der Waals surface area (Å²) in [7, 11) is 0. The minimum absolute atomic E-state index is 0.00284. The van der Waals surface area contributed by atoms with E-state index < -0.39 is 5.97 Å². The molecule has 2 N–H and O–H groups in total. The Morgan fingerprint density at radius 3 is 2.70 bits per heavy atom. The van der Waals surface area contributed by atoms with Gasteiger partial charge in [-0.15, -0.1) is 0 Å². The van der Waals surface area contributed by atoms with Crippen LogP contribution in [0.5, 0.6) is 0 Å². The number of nitrogens with zero attached hydrogens (tertiary/aromatic N) is 1. The lowest BCUT2D eigenvalue weighted by Crippen LogP contribution is -2.33. The molecule has 1 saturated heterocycles. The third-order valence-corrected chi connectivity index (χ3v) is 3.30. The first-order valence-electron chi connectivity index (χ1n) is 6.08. The largest absolute Gasteiger partial charge is 0.478 e. The molecule has 20 heavy (non-hydrogen) atoms. The highest BCUT2D eigenvalue weighted by Crippen LogP contribution is 2.21. The molecular formula is C13H13ClN2O4. The standard InChI is InChI=1S/C13H13ClN2O4/c14-10-6-8(3-4-9(10)13(19)20)15-11(17)7-16-5-1-2-12(16)18/h3-4,6H,1-2,5,7H2,(H,15,17)(H,19,20). The van der Waals surface area contributed by atoms with E-state index in [1.807, 2.05) is 0 Å². The number of nitrogens with one attached hydrogen (secondary N) is 1. The normalized spacial score (nSPS) is 14.4. The lowest BCUT2D eigenvalue weighted by Gasteiger charge is -2.15. The van der Waals surface area contributed by atoms with Gasteiger partial charge in [0.15, 0.2) is 0 Å². The molecule has 0 saturated carbocycles. The van der Waals surface area contributed by atoms with Crippen LogP contribution in [0.4, 0.5) is 5.69 Å². The fraction of sp³-hybridized carbons (Fsp3) is 0.308. The number of hydrogen-bond donors (Lipinski definition) is 2. The molecule has 1 aliphatic rings. The van der Waals surface area contributed by atoms with Crippen LogP contribution >= 0.6 is 11.6 Å². The van der Waals surface area contributed by atoms with Crippen LogP contribution in [0.2, 0.25) is 5.02 Å². The lowest BCUT2D eigenvalue weighted by atomic mass is 10.2. The third kappa shape index (κ3) is 3.27. The van der Waals surface area contributed by atoms with Crippen molar-refractivity contribution in [3.8, 4) is 0 Å². The summed E-state index contributed by atoms with van der Waals surface area (Å²) in [6.45, 7) is 0.585. The Hall–Kier alpha value is -2.08. The molecule has 1 fully saturated rings. The van der Waals surface area contributed by atoms with Gasteiger partial charge < -0.3 is 15.3 Å².